The predicted molar refractivity (Wildman–Crippen MR) is 110 cm³/mol. The maximum absolute atomic E-state index is 12.9. The topological polar surface area (TPSA) is 73.2 Å². The van der Waals surface area contributed by atoms with Gasteiger partial charge >= 0.3 is 0 Å². The molecule has 2 heterocycles. The summed E-state index contributed by atoms with van der Waals surface area (Å²) in [6.07, 6.45) is 5.49. The van der Waals surface area contributed by atoms with E-state index in [1.165, 1.54) is 11.1 Å². The van der Waals surface area contributed by atoms with Gasteiger partial charge in [0.25, 0.3) is 0 Å². The van der Waals surface area contributed by atoms with Crippen LogP contribution in [0.25, 0.3) is 0 Å². The normalized spacial score (nSPS) is 29.3. The molecule has 1 unspecified atom stereocenters. The molecule has 2 saturated heterocycles. The summed E-state index contributed by atoms with van der Waals surface area (Å²) in [5.74, 6) is 1.67. The van der Waals surface area contributed by atoms with Gasteiger partial charge in [-0.25, -0.2) is 0 Å². The number of aryl methyl sites for hydroxylation is 1. The molecular weight excluding hydrogens is 370 g/mol. The van der Waals surface area contributed by atoms with E-state index >= 15 is 0 Å². The molecule has 4 rings (SSSR count). The highest BCUT2D eigenvalue weighted by molar-refractivity contribution is 7.99. The maximum atomic E-state index is 12.9. The minimum Gasteiger partial charge on any atom is -0.315 e. The smallest absolute Gasteiger partial charge is 0.242 e. The molecule has 1 aliphatic carbocycles. The molecule has 5 nitrogen and oxygen atoms in total. The van der Waals surface area contributed by atoms with Gasteiger partial charge in [-0.15, -0.1) is 11.8 Å². The fraction of sp³-hybridized carbons (Fsp3) is 0.591. The molecule has 2 fully saturated rings. The molecule has 0 radical (unpaired) electrons. The zero-order chi connectivity index (χ0) is 19.5. The molecule has 28 heavy (non-hydrogen) atoms. The monoisotopic (exact) mass is 397 g/mol. The van der Waals surface area contributed by atoms with Gasteiger partial charge in [0.05, 0.1) is 18.0 Å². The third kappa shape index (κ3) is 3.97. The summed E-state index contributed by atoms with van der Waals surface area (Å²) < 4.78 is 0. The van der Waals surface area contributed by atoms with Crippen LogP contribution in [0.5, 0.6) is 0 Å². The molecule has 2 aliphatic heterocycles. The maximum Gasteiger partial charge on any atom is 0.242 e. The van der Waals surface area contributed by atoms with E-state index in [1.54, 1.807) is 16.7 Å². The van der Waals surface area contributed by atoms with Gasteiger partial charge in [-0.3, -0.25) is 9.59 Å². The summed E-state index contributed by atoms with van der Waals surface area (Å²) in [6, 6.07) is 10.0. The minimum atomic E-state index is -0.450. The van der Waals surface area contributed by atoms with Crippen molar-refractivity contribution in [2.75, 3.05) is 18.2 Å². The Balaban J connectivity index is 1.33. The number of thioether (sulfide) groups is 1. The number of fused-ring (bicyclic) bond motifs is 1. The van der Waals surface area contributed by atoms with Gasteiger partial charge in [-0.2, -0.15) is 5.26 Å². The largest absolute Gasteiger partial charge is 0.315 e. The number of carbonyl (C=O) groups excluding carboxylic acids is 2. The lowest BCUT2D eigenvalue weighted by Gasteiger charge is -2.27. The number of Topliss-reactive ketones (excluding diaryl/α,β-unsaturated/α-hetero) is 1. The van der Waals surface area contributed by atoms with Gasteiger partial charge in [-0.1, -0.05) is 24.3 Å². The number of ketones is 1. The number of carbonyl (C=O) groups is 2. The standard InChI is InChI=1S/C22H27N3O2S/c23-12-18-13-28-14-25(18)22(27)21-19(9-10-24-21)20(26)8-6-15-5-7-16-3-1-2-4-17(16)11-15/h1-4,15,18-19,21,24H,5-11,13-14H2/t15-,18-,19?,21-/m1/s1. The van der Waals surface area contributed by atoms with Crippen LogP contribution in [-0.2, 0) is 22.4 Å². The van der Waals surface area contributed by atoms with Crippen LogP contribution in [0.15, 0.2) is 24.3 Å². The first-order valence-electron chi connectivity index (χ1n) is 10.3. The van der Waals surface area contributed by atoms with Crippen LogP contribution in [0.1, 0.15) is 36.8 Å². The van der Waals surface area contributed by atoms with Crippen LogP contribution in [0.3, 0.4) is 0 Å². The number of nitrogens with one attached hydrogen (secondary N) is 1. The Kier molecular flexibility index (Phi) is 6.03. The average molecular weight is 398 g/mol. The van der Waals surface area contributed by atoms with E-state index in [0.29, 0.717) is 30.5 Å². The lowest BCUT2D eigenvalue weighted by molar-refractivity contribution is -0.137. The van der Waals surface area contributed by atoms with E-state index < -0.39 is 6.04 Å². The van der Waals surface area contributed by atoms with E-state index in [1.807, 2.05) is 0 Å². The van der Waals surface area contributed by atoms with Crippen LogP contribution >= 0.6 is 11.8 Å². The highest BCUT2D eigenvalue weighted by atomic mass is 32.2. The summed E-state index contributed by atoms with van der Waals surface area (Å²) in [5.41, 5.74) is 2.88. The highest BCUT2D eigenvalue weighted by Gasteiger charge is 2.42. The Morgan fingerprint density at radius 1 is 1.25 bits per heavy atom. The molecule has 1 N–H and O–H groups in total. The Morgan fingerprint density at radius 2 is 2.07 bits per heavy atom. The van der Waals surface area contributed by atoms with Crippen LogP contribution in [0.4, 0.5) is 0 Å². The number of rotatable bonds is 5. The number of nitrogens with zero attached hydrogens (tertiary/aromatic N) is 2. The molecule has 1 aromatic carbocycles. The van der Waals surface area contributed by atoms with Crippen molar-refractivity contribution in [2.45, 2.75) is 50.6 Å². The number of amides is 1. The lowest BCUT2D eigenvalue weighted by Crippen LogP contribution is -2.49. The number of nitriles is 1. The average Bonchev–Trinajstić information content (AvgIpc) is 3.40. The van der Waals surface area contributed by atoms with Crippen molar-refractivity contribution in [3.05, 3.63) is 35.4 Å². The predicted octanol–water partition coefficient (Wildman–Crippen LogP) is 2.54. The number of benzene rings is 1. The van der Waals surface area contributed by atoms with Crippen molar-refractivity contribution in [3.8, 4) is 6.07 Å². The molecule has 4 atom stereocenters. The van der Waals surface area contributed by atoms with Crippen molar-refractivity contribution in [1.29, 1.82) is 5.26 Å². The van der Waals surface area contributed by atoms with Crippen molar-refractivity contribution >= 4 is 23.5 Å². The first-order valence-corrected chi connectivity index (χ1v) is 11.4. The van der Waals surface area contributed by atoms with Gasteiger partial charge < -0.3 is 10.2 Å². The Hall–Kier alpha value is -1.84. The van der Waals surface area contributed by atoms with Crippen molar-refractivity contribution in [2.24, 2.45) is 11.8 Å². The summed E-state index contributed by atoms with van der Waals surface area (Å²) in [4.78, 5) is 27.5. The molecule has 1 amide bonds. The van der Waals surface area contributed by atoms with Crippen LogP contribution < -0.4 is 5.32 Å². The zero-order valence-corrected chi connectivity index (χ0v) is 16.9. The fourth-order valence-corrected chi connectivity index (χ4v) is 5.89. The second-order valence-electron chi connectivity index (χ2n) is 8.16. The fourth-order valence-electron chi connectivity index (χ4n) is 4.81. The molecular formula is C22H27N3O2S. The van der Waals surface area contributed by atoms with E-state index in [0.717, 1.165) is 32.1 Å². The highest BCUT2D eigenvalue weighted by Crippen LogP contribution is 2.30. The Morgan fingerprint density at radius 3 is 2.89 bits per heavy atom. The minimum absolute atomic E-state index is 0.0704. The molecule has 0 spiro atoms. The quantitative estimate of drug-likeness (QED) is 0.827. The van der Waals surface area contributed by atoms with Crippen molar-refractivity contribution in [1.82, 2.24) is 10.2 Å². The molecule has 0 aromatic heterocycles. The summed E-state index contributed by atoms with van der Waals surface area (Å²) in [7, 11) is 0. The van der Waals surface area contributed by atoms with Crippen molar-refractivity contribution < 1.29 is 9.59 Å². The van der Waals surface area contributed by atoms with E-state index in [2.05, 4.69) is 35.7 Å². The third-order valence-corrected chi connectivity index (χ3v) is 7.48. The van der Waals surface area contributed by atoms with E-state index in [4.69, 9.17) is 0 Å². The second-order valence-corrected chi connectivity index (χ2v) is 9.16. The molecule has 0 bridgehead atoms. The lowest BCUT2D eigenvalue weighted by atomic mass is 9.80. The van der Waals surface area contributed by atoms with Gasteiger partial charge in [0, 0.05) is 18.1 Å². The molecule has 1 aromatic rings. The van der Waals surface area contributed by atoms with E-state index in [-0.39, 0.29) is 23.7 Å². The van der Waals surface area contributed by atoms with Gasteiger partial charge in [-0.05, 0) is 55.7 Å². The van der Waals surface area contributed by atoms with Gasteiger partial charge in [0.15, 0.2) is 0 Å². The second kappa shape index (κ2) is 8.67. The summed E-state index contributed by atoms with van der Waals surface area (Å²) in [6.45, 7) is 0.696. The first-order chi connectivity index (χ1) is 13.7. The summed E-state index contributed by atoms with van der Waals surface area (Å²) in [5, 5.41) is 12.5. The molecule has 148 valence electrons. The summed E-state index contributed by atoms with van der Waals surface area (Å²) >= 11 is 1.60. The Bertz CT molecular complexity index is 790. The van der Waals surface area contributed by atoms with Crippen LogP contribution in [-0.4, -0.2) is 46.8 Å². The Labute approximate surface area is 170 Å². The number of hydrogen-bond donors (Lipinski definition) is 1. The van der Waals surface area contributed by atoms with Gasteiger partial charge in [0.2, 0.25) is 5.91 Å². The van der Waals surface area contributed by atoms with Crippen molar-refractivity contribution in [3.63, 3.8) is 0 Å². The zero-order valence-electron chi connectivity index (χ0n) is 16.1. The first kappa shape index (κ1) is 19.5. The van der Waals surface area contributed by atoms with Crippen LogP contribution in [0.2, 0.25) is 0 Å². The van der Waals surface area contributed by atoms with E-state index in [9.17, 15) is 14.9 Å². The van der Waals surface area contributed by atoms with Gasteiger partial charge in [0.1, 0.15) is 11.8 Å². The SMILES string of the molecule is N#C[C@@H]1CSCN1C(=O)[C@@H]1NCCC1C(=O)CC[C@H]1CCc2ccccc2C1. The third-order valence-electron chi connectivity index (χ3n) is 6.46. The van der Waals surface area contributed by atoms with Crippen LogP contribution in [0, 0.1) is 23.2 Å². The molecule has 3 aliphatic rings. The molecule has 6 heteroatoms. The number of hydrogen-bond acceptors (Lipinski definition) is 5. The molecule has 0 saturated carbocycles.